The quantitative estimate of drug-likeness (QED) is 0.744. The van der Waals surface area contributed by atoms with E-state index in [9.17, 15) is 13.6 Å². The van der Waals surface area contributed by atoms with Crippen molar-refractivity contribution >= 4 is 17.4 Å². The van der Waals surface area contributed by atoms with Gasteiger partial charge in [0.25, 0.3) is 5.91 Å². The van der Waals surface area contributed by atoms with Gasteiger partial charge in [0.15, 0.2) is 11.6 Å². The Bertz CT molecular complexity index is 870. The lowest BCUT2D eigenvalue weighted by Crippen LogP contribution is -2.12. The number of benzene rings is 1. The van der Waals surface area contributed by atoms with Crippen molar-refractivity contribution in [1.29, 1.82) is 0 Å². The molecular formula is C18H14F2N4O. The Morgan fingerprint density at radius 1 is 1.00 bits per heavy atom. The highest BCUT2D eigenvalue weighted by atomic mass is 19.2. The predicted molar refractivity (Wildman–Crippen MR) is 90.1 cm³/mol. The van der Waals surface area contributed by atoms with Gasteiger partial charge in [-0.1, -0.05) is 6.07 Å². The second-order valence-electron chi connectivity index (χ2n) is 5.19. The van der Waals surface area contributed by atoms with Gasteiger partial charge in [-0.25, -0.2) is 13.8 Å². The molecule has 0 radical (unpaired) electrons. The van der Waals surface area contributed by atoms with E-state index in [0.717, 1.165) is 17.8 Å². The summed E-state index contributed by atoms with van der Waals surface area (Å²) >= 11 is 0. The number of aromatic nitrogens is 2. The van der Waals surface area contributed by atoms with Crippen molar-refractivity contribution in [3.05, 3.63) is 83.8 Å². The van der Waals surface area contributed by atoms with E-state index in [4.69, 9.17) is 0 Å². The minimum absolute atomic E-state index is 0.0243. The fourth-order valence-corrected chi connectivity index (χ4v) is 2.10. The number of pyridine rings is 2. The molecular weight excluding hydrogens is 326 g/mol. The van der Waals surface area contributed by atoms with E-state index in [0.29, 0.717) is 18.1 Å². The summed E-state index contributed by atoms with van der Waals surface area (Å²) in [6.07, 6.45) is 3.18. The van der Waals surface area contributed by atoms with Crippen molar-refractivity contribution in [2.45, 2.75) is 6.54 Å². The standard InChI is InChI=1S/C18H14F2N4O/c19-15-6-4-12(9-16(15)20)18(25)24-14-5-7-17(23-11-14)22-10-13-3-1-2-8-21-13/h1-9,11H,10H2,(H,22,23)(H,24,25). The summed E-state index contributed by atoms with van der Waals surface area (Å²) in [7, 11) is 0. The second kappa shape index (κ2) is 7.48. The number of nitrogens with zero attached hydrogens (tertiary/aromatic N) is 2. The third-order valence-corrected chi connectivity index (χ3v) is 3.38. The van der Waals surface area contributed by atoms with Crippen molar-refractivity contribution in [3.63, 3.8) is 0 Å². The van der Waals surface area contributed by atoms with Crippen LogP contribution in [-0.2, 0) is 6.54 Å². The van der Waals surface area contributed by atoms with E-state index >= 15 is 0 Å². The molecule has 3 rings (SSSR count). The number of carbonyl (C=O) groups is 1. The molecule has 25 heavy (non-hydrogen) atoms. The van der Waals surface area contributed by atoms with Crippen LogP contribution >= 0.6 is 0 Å². The molecule has 0 saturated carbocycles. The zero-order valence-electron chi connectivity index (χ0n) is 13.0. The number of amides is 1. The summed E-state index contributed by atoms with van der Waals surface area (Å²) in [5, 5.41) is 5.68. The van der Waals surface area contributed by atoms with E-state index in [-0.39, 0.29) is 5.56 Å². The molecule has 0 aliphatic rings. The van der Waals surface area contributed by atoms with Crippen molar-refractivity contribution in [3.8, 4) is 0 Å². The molecule has 0 aliphatic carbocycles. The van der Waals surface area contributed by atoms with Crippen LogP contribution in [0.2, 0.25) is 0 Å². The van der Waals surface area contributed by atoms with Gasteiger partial charge in [0.1, 0.15) is 5.82 Å². The molecule has 2 heterocycles. The highest BCUT2D eigenvalue weighted by Gasteiger charge is 2.10. The highest BCUT2D eigenvalue weighted by molar-refractivity contribution is 6.04. The van der Waals surface area contributed by atoms with Crippen LogP contribution < -0.4 is 10.6 Å². The fraction of sp³-hybridized carbons (Fsp3) is 0.0556. The smallest absolute Gasteiger partial charge is 0.255 e. The Labute approximate surface area is 142 Å². The molecule has 3 aromatic rings. The minimum Gasteiger partial charge on any atom is -0.364 e. The number of halogens is 2. The summed E-state index contributed by atoms with van der Waals surface area (Å²) in [6, 6.07) is 12.0. The number of rotatable bonds is 5. The maximum absolute atomic E-state index is 13.2. The van der Waals surface area contributed by atoms with Crippen LogP contribution in [0.15, 0.2) is 60.9 Å². The lowest BCUT2D eigenvalue weighted by atomic mass is 10.2. The number of nitrogens with one attached hydrogen (secondary N) is 2. The Balaban J connectivity index is 1.60. The van der Waals surface area contributed by atoms with E-state index in [1.807, 2.05) is 18.2 Å². The van der Waals surface area contributed by atoms with Gasteiger partial charge in [0.2, 0.25) is 0 Å². The summed E-state index contributed by atoms with van der Waals surface area (Å²) in [5.74, 6) is -1.99. The molecule has 7 heteroatoms. The molecule has 126 valence electrons. The number of hydrogen-bond donors (Lipinski definition) is 2. The molecule has 1 aromatic carbocycles. The van der Waals surface area contributed by atoms with Crippen LogP contribution in [0.5, 0.6) is 0 Å². The molecule has 0 fully saturated rings. The van der Waals surface area contributed by atoms with Crippen molar-refractivity contribution in [2.75, 3.05) is 10.6 Å². The Kier molecular flexibility index (Phi) is 4.94. The van der Waals surface area contributed by atoms with Crippen LogP contribution in [-0.4, -0.2) is 15.9 Å². The van der Waals surface area contributed by atoms with Gasteiger partial charge in [-0.3, -0.25) is 9.78 Å². The second-order valence-corrected chi connectivity index (χ2v) is 5.19. The first-order valence-electron chi connectivity index (χ1n) is 7.48. The molecule has 0 atom stereocenters. The minimum atomic E-state index is -1.07. The first-order valence-corrected chi connectivity index (χ1v) is 7.48. The molecule has 1 amide bonds. The summed E-state index contributed by atoms with van der Waals surface area (Å²) in [4.78, 5) is 20.4. The van der Waals surface area contributed by atoms with E-state index in [1.165, 1.54) is 12.3 Å². The monoisotopic (exact) mass is 340 g/mol. The summed E-state index contributed by atoms with van der Waals surface area (Å²) in [5.41, 5.74) is 1.34. The lowest BCUT2D eigenvalue weighted by molar-refractivity contribution is 0.102. The summed E-state index contributed by atoms with van der Waals surface area (Å²) in [6.45, 7) is 0.522. The van der Waals surface area contributed by atoms with Crippen LogP contribution in [0, 0.1) is 11.6 Å². The average molecular weight is 340 g/mol. The van der Waals surface area contributed by atoms with E-state index in [1.54, 1.807) is 18.3 Å². The van der Waals surface area contributed by atoms with Crippen LogP contribution in [0.1, 0.15) is 16.1 Å². The molecule has 0 aliphatic heterocycles. The van der Waals surface area contributed by atoms with Crippen molar-refractivity contribution in [2.24, 2.45) is 0 Å². The maximum atomic E-state index is 13.2. The molecule has 2 aromatic heterocycles. The van der Waals surface area contributed by atoms with Gasteiger partial charge in [0.05, 0.1) is 24.1 Å². The Morgan fingerprint density at radius 2 is 1.88 bits per heavy atom. The highest BCUT2D eigenvalue weighted by Crippen LogP contribution is 2.14. The van der Waals surface area contributed by atoms with Crippen molar-refractivity contribution < 1.29 is 13.6 Å². The van der Waals surface area contributed by atoms with Gasteiger partial charge >= 0.3 is 0 Å². The van der Waals surface area contributed by atoms with Crippen LogP contribution in [0.3, 0.4) is 0 Å². The molecule has 0 spiro atoms. The lowest BCUT2D eigenvalue weighted by Gasteiger charge is -2.08. The predicted octanol–water partition coefficient (Wildman–Crippen LogP) is 3.62. The SMILES string of the molecule is O=C(Nc1ccc(NCc2ccccn2)nc1)c1ccc(F)c(F)c1. The number of hydrogen-bond acceptors (Lipinski definition) is 4. The van der Waals surface area contributed by atoms with Gasteiger partial charge in [0, 0.05) is 11.8 Å². The average Bonchev–Trinajstić information content (AvgIpc) is 2.64. The number of anilines is 2. The topological polar surface area (TPSA) is 66.9 Å². The zero-order chi connectivity index (χ0) is 17.6. The first-order chi connectivity index (χ1) is 12.1. The van der Waals surface area contributed by atoms with E-state index in [2.05, 4.69) is 20.6 Å². The van der Waals surface area contributed by atoms with Gasteiger partial charge in [-0.2, -0.15) is 0 Å². The fourth-order valence-electron chi connectivity index (χ4n) is 2.10. The van der Waals surface area contributed by atoms with Gasteiger partial charge in [-0.05, 0) is 42.5 Å². The van der Waals surface area contributed by atoms with Gasteiger partial charge < -0.3 is 10.6 Å². The third-order valence-electron chi connectivity index (χ3n) is 3.38. The van der Waals surface area contributed by atoms with Gasteiger partial charge in [-0.15, -0.1) is 0 Å². The zero-order valence-corrected chi connectivity index (χ0v) is 13.0. The first kappa shape index (κ1) is 16.5. The largest absolute Gasteiger partial charge is 0.364 e. The third kappa shape index (κ3) is 4.35. The molecule has 0 bridgehead atoms. The van der Waals surface area contributed by atoms with E-state index < -0.39 is 17.5 Å². The summed E-state index contributed by atoms with van der Waals surface area (Å²) < 4.78 is 26.1. The van der Waals surface area contributed by atoms with Crippen LogP contribution in [0.25, 0.3) is 0 Å². The normalized spacial score (nSPS) is 10.3. The molecule has 0 unspecified atom stereocenters. The molecule has 5 nitrogen and oxygen atoms in total. The Morgan fingerprint density at radius 3 is 2.56 bits per heavy atom. The van der Waals surface area contributed by atoms with Crippen molar-refractivity contribution in [1.82, 2.24) is 9.97 Å². The Hall–Kier alpha value is -3.35. The molecule has 2 N–H and O–H groups in total. The molecule has 0 saturated heterocycles. The maximum Gasteiger partial charge on any atom is 0.255 e. The number of carbonyl (C=O) groups excluding carboxylic acids is 1. The van der Waals surface area contributed by atoms with Crippen LogP contribution in [0.4, 0.5) is 20.3 Å².